The smallest absolute Gasteiger partial charge is 0.303 e. The summed E-state index contributed by atoms with van der Waals surface area (Å²) in [6, 6.07) is 4.13. The van der Waals surface area contributed by atoms with E-state index in [1.54, 1.807) is 0 Å². The molecule has 1 aliphatic heterocycles. The largest absolute Gasteiger partial charge is 0.632 e. The lowest BCUT2D eigenvalue weighted by atomic mass is 10.1. The topological polar surface area (TPSA) is 102 Å². The predicted molar refractivity (Wildman–Crippen MR) is 117 cm³/mol. The van der Waals surface area contributed by atoms with Crippen LogP contribution in [0.2, 0.25) is 0 Å². The van der Waals surface area contributed by atoms with Gasteiger partial charge in [0, 0.05) is 19.3 Å². The zero-order valence-corrected chi connectivity index (χ0v) is 18.7. The van der Waals surface area contributed by atoms with Crippen LogP contribution in [0.1, 0.15) is 61.6 Å². The first kappa shape index (κ1) is 24.6. The molecule has 0 aromatic heterocycles. The Morgan fingerprint density at radius 1 is 1.23 bits per heavy atom. The molecule has 3 N–H and O–H groups in total. The van der Waals surface area contributed by atoms with Gasteiger partial charge in [0.1, 0.15) is 25.1 Å². The molecule has 1 heterocycles. The second-order valence-corrected chi connectivity index (χ2v) is 8.77. The van der Waals surface area contributed by atoms with Gasteiger partial charge in [-0.3, -0.25) is 10.1 Å². The Hall–Kier alpha value is -1.67. The number of hydroxylamine groups is 3. The van der Waals surface area contributed by atoms with Crippen molar-refractivity contribution in [2.24, 2.45) is 0 Å². The Balaban J connectivity index is 1.73. The fourth-order valence-corrected chi connectivity index (χ4v) is 4.35. The maximum Gasteiger partial charge on any atom is 0.303 e. The van der Waals surface area contributed by atoms with Crippen molar-refractivity contribution in [2.75, 3.05) is 26.4 Å². The van der Waals surface area contributed by atoms with Crippen molar-refractivity contribution >= 4 is 5.97 Å². The number of nitrogens with one attached hydrogen (secondary N) is 1. The Morgan fingerprint density at radius 3 is 2.57 bits per heavy atom. The lowest BCUT2D eigenvalue weighted by Crippen LogP contribution is -2.49. The van der Waals surface area contributed by atoms with Gasteiger partial charge in [-0.05, 0) is 44.7 Å². The first-order valence-electron chi connectivity index (χ1n) is 11.1. The highest BCUT2D eigenvalue weighted by molar-refractivity contribution is 5.66. The normalized spacial score (nSPS) is 22.2. The van der Waals surface area contributed by atoms with Crippen LogP contribution in [0.5, 0.6) is 5.75 Å². The van der Waals surface area contributed by atoms with E-state index < -0.39 is 12.1 Å². The number of hydrogen-bond donors (Lipinski definition) is 3. The van der Waals surface area contributed by atoms with Gasteiger partial charge in [-0.25, -0.2) is 0 Å². The highest BCUT2D eigenvalue weighted by Gasteiger charge is 2.34. The number of hydrogen-bond acceptors (Lipinski definition) is 5. The van der Waals surface area contributed by atoms with Crippen LogP contribution in [0, 0.1) is 26.0 Å². The molecule has 0 spiro atoms. The number of carboxylic acids is 1. The van der Waals surface area contributed by atoms with Crippen molar-refractivity contribution in [3.8, 4) is 5.75 Å². The number of aliphatic carboxylic acids is 1. The number of carboxylic acid groups (broad SMARTS) is 1. The Labute approximate surface area is 180 Å². The molecule has 0 amide bonds. The van der Waals surface area contributed by atoms with E-state index >= 15 is 0 Å². The molecular formula is C23H38N2O5. The van der Waals surface area contributed by atoms with Crippen molar-refractivity contribution in [1.29, 1.82) is 0 Å². The van der Waals surface area contributed by atoms with E-state index in [2.05, 4.69) is 17.4 Å². The minimum absolute atomic E-state index is 0.000760. The average molecular weight is 423 g/mol. The van der Waals surface area contributed by atoms with Gasteiger partial charge >= 0.3 is 5.97 Å². The van der Waals surface area contributed by atoms with Crippen molar-refractivity contribution in [3.05, 3.63) is 34.0 Å². The number of carbonyl (C=O) groups is 1. The van der Waals surface area contributed by atoms with Crippen molar-refractivity contribution in [2.45, 2.75) is 77.9 Å². The van der Waals surface area contributed by atoms with Gasteiger partial charge in [-0.1, -0.05) is 30.5 Å². The average Bonchev–Trinajstić information content (AvgIpc) is 3.02. The zero-order valence-electron chi connectivity index (χ0n) is 18.7. The minimum atomic E-state index is -0.750. The zero-order chi connectivity index (χ0) is 22.1. The number of aliphatic hydroxyl groups is 1. The lowest BCUT2D eigenvalue weighted by Gasteiger charge is -2.43. The molecule has 1 aromatic rings. The summed E-state index contributed by atoms with van der Waals surface area (Å²) in [6.07, 6.45) is 4.25. The van der Waals surface area contributed by atoms with Crippen LogP contribution in [0.3, 0.4) is 0 Å². The van der Waals surface area contributed by atoms with Gasteiger partial charge in [0.25, 0.3) is 0 Å². The van der Waals surface area contributed by atoms with Crippen LogP contribution in [0.4, 0.5) is 0 Å². The van der Waals surface area contributed by atoms with E-state index in [0.717, 1.165) is 42.6 Å². The Kier molecular flexibility index (Phi) is 9.55. The summed E-state index contributed by atoms with van der Waals surface area (Å²) in [7, 11) is 0. The third-order valence-electron chi connectivity index (χ3n) is 5.97. The number of benzene rings is 1. The fourth-order valence-electron chi connectivity index (χ4n) is 4.35. The summed E-state index contributed by atoms with van der Waals surface area (Å²) in [4.78, 5) is 10.5. The minimum Gasteiger partial charge on any atom is -0.632 e. The molecule has 2 rings (SSSR count). The molecule has 1 aliphatic rings. The molecule has 3 atom stereocenters. The molecule has 0 aliphatic carbocycles. The third-order valence-corrected chi connectivity index (χ3v) is 5.97. The molecule has 170 valence electrons. The van der Waals surface area contributed by atoms with Crippen LogP contribution in [-0.2, 0) is 4.79 Å². The number of unbranched alkanes of at least 4 members (excludes halogenated alkanes) is 3. The van der Waals surface area contributed by atoms with E-state index in [4.69, 9.17) is 9.84 Å². The summed E-state index contributed by atoms with van der Waals surface area (Å²) < 4.78 is 5.55. The summed E-state index contributed by atoms with van der Waals surface area (Å²) in [5.41, 5.74) is 3.29. The lowest BCUT2D eigenvalue weighted by molar-refractivity contribution is -0.893. The number of aryl methyl sites for hydroxylation is 3. The predicted octanol–water partition coefficient (Wildman–Crippen LogP) is 3.41. The first-order valence-corrected chi connectivity index (χ1v) is 11.1. The number of quaternary nitrogens is 1. The van der Waals surface area contributed by atoms with E-state index in [9.17, 15) is 15.1 Å². The van der Waals surface area contributed by atoms with Gasteiger partial charge in [0.15, 0.2) is 0 Å². The van der Waals surface area contributed by atoms with Crippen molar-refractivity contribution < 1.29 is 24.4 Å². The first-order chi connectivity index (χ1) is 14.2. The van der Waals surface area contributed by atoms with E-state index in [1.165, 1.54) is 5.56 Å². The van der Waals surface area contributed by atoms with Crippen LogP contribution >= 0.6 is 0 Å². The summed E-state index contributed by atoms with van der Waals surface area (Å²) in [5.74, 6) is 0.0646. The van der Waals surface area contributed by atoms with Crippen LogP contribution in [0.25, 0.3) is 0 Å². The molecule has 0 bridgehead atoms. The van der Waals surface area contributed by atoms with Crippen LogP contribution in [-0.4, -0.2) is 59.3 Å². The highest BCUT2D eigenvalue weighted by atomic mass is 16.6. The van der Waals surface area contributed by atoms with Gasteiger partial charge in [0.2, 0.25) is 0 Å². The van der Waals surface area contributed by atoms with Gasteiger partial charge in [-0.15, -0.1) is 0 Å². The number of aliphatic hydroxyl groups excluding tert-OH is 1. The molecule has 1 aromatic carbocycles. The molecule has 7 nitrogen and oxygen atoms in total. The van der Waals surface area contributed by atoms with Crippen molar-refractivity contribution in [3.63, 3.8) is 0 Å². The highest BCUT2D eigenvalue weighted by Crippen LogP contribution is 2.26. The summed E-state index contributed by atoms with van der Waals surface area (Å²) >= 11 is 0. The summed E-state index contributed by atoms with van der Waals surface area (Å²) in [5, 5.41) is 35.5. The van der Waals surface area contributed by atoms with Crippen molar-refractivity contribution in [1.82, 2.24) is 5.32 Å². The van der Waals surface area contributed by atoms with Gasteiger partial charge in [-0.2, -0.15) is 0 Å². The molecule has 0 radical (unpaired) electrons. The molecule has 30 heavy (non-hydrogen) atoms. The standard InChI is InChI=1S/C23H38N2O5/c1-17-12-18(2)23(19(3)13-17)30-15-21(26)10-11-25(29)16-24-14-20(25)8-6-4-5-7-9-22(27)28/h12-13,20-21,24,26H,4-11,14-16H2,1-3H3,(H,27,28). The second kappa shape index (κ2) is 11.6. The number of nitrogens with zero attached hydrogens (tertiary/aromatic N) is 1. The van der Waals surface area contributed by atoms with Crippen LogP contribution < -0.4 is 10.1 Å². The maximum atomic E-state index is 13.2. The van der Waals surface area contributed by atoms with Gasteiger partial charge in [0.05, 0.1) is 19.2 Å². The molecule has 7 heteroatoms. The molecule has 1 saturated heterocycles. The molecule has 0 saturated carbocycles. The second-order valence-electron chi connectivity index (χ2n) is 8.77. The Morgan fingerprint density at radius 2 is 1.90 bits per heavy atom. The number of ether oxygens (including phenoxy) is 1. The van der Waals surface area contributed by atoms with E-state index in [-0.39, 0.29) is 23.7 Å². The van der Waals surface area contributed by atoms with E-state index in [1.807, 2.05) is 20.8 Å². The fraction of sp³-hybridized carbons (Fsp3) is 0.696. The van der Waals surface area contributed by atoms with Gasteiger partial charge < -0.3 is 24.8 Å². The SMILES string of the molecule is Cc1cc(C)c(OCC(O)CC[N+]2([O-])CNCC2CCCCCCC(=O)O)c(C)c1. The summed E-state index contributed by atoms with van der Waals surface area (Å²) in [6.45, 7) is 7.69. The number of rotatable bonds is 13. The maximum absolute atomic E-state index is 13.2. The monoisotopic (exact) mass is 422 g/mol. The third kappa shape index (κ3) is 7.54. The molecular weight excluding hydrogens is 384 g/mol. The van der Waals surface area contributed by atoms with E-state index in [0.29, 0.717) is 32.6 Å². The quantitative estimate of drug-likeness (QED) is 0.256. The molecule has 3 unspecified atom stereocenters. The molecule has 1 fully saturated rings. The Bertz CT molecular complexity index is 673. The van der Waals surface area contributed by atoms with Crippen LogP contribution in [0.15, 0.2) is 12.1 Å².